The van der Waals surface area contributed by atoms with E-state index in [1.54, 1.807) is 6.07 Å². The lowest BCUT2D eigenvalue weighted by Gasteiger charge is -2.13. The first-order valence-electron chi connectivity index (χ1n) is 5.46. The number of rotatable bonds is 2. The Bertz CT molecular complexity index is 641. The minimum absolute atomic E-state index is 0.109. The Morgan fingerprint density at radius 2 is 1.65 bits per heavy atom. The zero-order chi connectivity index (χ0) is 14.9. The quantitative estimate of drug-likeness (QED) is 0.596. The van der Waals surface area contributed by atoms with Gasteiger partial charge in [-0.05, 0) is 36.4 Å². The van der Waals surface area contributed by atoms with Gasteiger partial charge in [0, 0.05) is 4.47 Å². The van der Waals surface area contributed by atoms with E-state index in [-0.39, 0.29) is 17.1 Å². The van der Waals surface area contributed by atoms with Crippen LogP contribution in [0.15, 0.2) is 40.9 Å². The zero-order valence-electron chi connectivity index (χ0n) is 9.93. The number of hydrogen-bond donors (Lipinski definition) is 2. The van der Waals surface area contributed by atoms with Crippen molar-refractivity contribution in [1.82, 2.24) is 0 Å². The maximum Gasteiger partial charge on any atom is 0.416 e. The van der Waals surface area contributed by atoms with E-state index in [1.807, 2.05) is 0 Å². The highest BCUT2D eigenvalue weighted by Crippen LogP contribution is 2.34. The molecule has 0 saturated heterocycles. The highest BCUT2D eigenvalue weighted by molar-refractivity contribution is 9.10. The summed E-state index contributed by atoms with van der Waals surface area (Å²) in [5, 5.41) is 2.66. The predicted octanol–water partition coefficient (Wildman–Crippen LogP) is 4.93. The molecule has 2 aromatic carbocycles. The molecule has 0 bridgehead atoms. The molecule has 106 valence electrons. The second-order valence-electron chi connectivity index (χ2n) is 4.05. The molecule has 0 atom stereocenters. The van der Waals surface area contributed by atoms with Crippen LogP contribution >= 0.6 is 15.9 Å². The van der Waals surface area contributed by atoms with Gasteiger partial charge in [0.15, 0.2) is 0 Å². The molecule has 0 aliphatic carbocycles. The minimum atomic E-state index is -4.46. The Hall–Kier alpha value is -1.76. The van der Waals surface area contributed by atoms with Gasteiger partial charge in [-0.3, -0.25) is 0 Å². The summed E-state index contributed by atoms with van der Waals surface area (Å²) in [4.78, 5) is 0. The van der Waals surface area contributed by atoms with E-state index in [1.165, 1.54) is 18.2 Å². The topological polar surface area (TPSA) is 38.0 Å². The van der Waals surface area contributed by atoms with E-state index in [4.69, 9.17) is 5.73 Å². The van der Waals surface area contributed by atoms with Crippen LogP contribution in [0.1, 0.15) is 5.56 Å². The Labute approximate surface area is 120 Å². The van der Waals surface area contributed by atoms with Crippen molar-refractivity contribution in [3.63, 3.8) is 0 Å². The van der Waals surface area contributed by atoms with Gasteiger partial charge in [0.1, 0.15) is 5.82 Å². The lowest BCUT2D eigenvalue weighted by molar-refractivity contribution is -0.137. The van der Waals surface area contributed by atoms with E-state index in [2.05, 4.69) is 21.2 Å². The first-order chi connectivity index (χ1) is 9.27. The van der Waals surface area contributed by atoms with Crippen molar-refractivity contribution in [3.8, 4) is 0 Å². The third-order valence-corrected chi connectivity index (χ3v) is 3.07. The van der Waals surface area contributed by atoms with Crippen LogP contribution in [0.4, 0.5) is 34.6 Å². The van der Waals surface area contributed by atoms with Crippen LogP contribution in [0.3, 0.4) is 0 Å². The predicted molar refractivity (Wildman–Crippen MR) is 73.2 cm³/mol. The fourth-order valence-electron chi connectivity index (χ4n) is 1.59. The molecular weight excluding hydrogens is 340 g/mol. The van der Waals surface area contributed by atoms with Gasteiger partial charge >= 0.3 is 6.18 Å². The number of anilines is 3. The van der Waals surface area contributed by atoms with Gasteiger partial charge in [-0.15, -0.1) is 0 Å². The van der Waals surface area contributed by atoms with E-state index in [0.717, 1.165) is 12.1 Å². The summed E-state index contributed by atoms with van der Waals surface area (Å²) in [5.74, 6) is -0.543. The second kappa shape index (κ2) is 5.32. The Balaban J connectivity index is 2.30. The van der Waals surface area contributed by atoms with Gasteiger partial charge in [0.2, 0.25) is 0 Å². The molecule has 2 aromatic rings. The molecule has 0 aromatic heterocycles. The number of alkyl halides is 3. The summed E-state index contributed by atoms with van der Waals surface area (Å²) in [6.45, 7) is 0. The van der Waals surface area contributed by atoms with E-state index >= 15 is 0 Å². The summed E-state index contributed by atoms with van der Waals surface area (Å²) in [7, 11) is 0. The Morgan fingerprint density at radius 3 is 2.20 bits per heavy atom. The molecule has 3 N–H and O–H groups in total. The average Bonchev–Trinajstić information content (AvgIpc) is 2.33. The summed E-state index contributed by atoms with van der Waals surface area (Å²) in [6, 6.07) is 7.15. The molecule has 0 unspecified atom stereocenters. The van der Waals surface area contributed by atoms with E-state index in [0.29, 0.717) is 4.47 Å². The molecule has 0 fully saturated rings. The largest absolute Gasteiger partial charge is 0.416 e. The summed E-state index contributed by atoms with van der Waals surface area (Å²) < 4.78 is 51.7. The first kappa shape index (κ1) is 14.6. The van der Waals surface area contributed by atoms with Gasteiger partial charge < -0.3 is 11.1 Å². The SMILES string of the molecule is Nc1cc(C(F)(F)F)ccc1Nc1ccc(Br)cc1F. The third-order valence-electron chi connectivity index (χ3n) is 2.58. The lowest BCUT2D eigenvalue weighted by Crippen LogP contribution is -2.07. The second-order valence-corrected chi connectivity index (χ2v) is 4.96. The van der Waals surface area contributed by atoms with Gasteiger partial charge in [-0.25, -0.2) is 4.39 Å². The van der Waals surface area contributed by atoms with E-state index in [9.17, 15) is 17.6 Å². The molecule has 20 heavy (non-hydrogen) atoms. The van der Waals surface area contributed by atoms with Gasteiger partial charge in [-0.2, -0.15) is 13.2 Å². The number of nitrogen functional groups attached to an aromatic ring is 1. The molecule has 0 heterocycles. The molecular formula is C13H9BrF4N2. The number of halogens is 5. The normalized spacial score (nSPS) is 11.4. The van der Waals surface area contributed by atoms with Crippen molar-refractivity contribution >= 4 is 33.0 Å². The highest BCUT2D eigenvalue weighted by Gasteiger charge is 2.30. The first-order valence-corrected chi connectivity index (χ1v) is 6.25. The number of hydrogen-bond acceptors (Lipinski definition) is 2. The molecule has 0 radical (unpaired) electrons. The summed E-state index contributed by atoms with van der Waals surface area (Å²) in [6.07, 6.45) is -4.46. The summed E-state index contributed by atoms with van der Waals surface area (Å²) >= 11 is 3.11. The highest BCUT2D eigenvalue weighted by atomic mass is 79.9. The van der Waals surface area contributed by atoms with Gasteiger partial charge in [0.25, 0.3) is 0 Å². The molecule has 0 saturated carbocycles. The van der Waals surface area contributed by atoms with Crippen molar-refractivity contribution in [2.75, 3.05) is 11.1 Å². The monoisotopic (exact) mass is 348 g/mol. The maximum atomic E-state index is 13.6. The molecule has 0 spiro atoms. The Kier molecular flexibility index (Phi) is 3.89. The van der Waals surface area contributed by atoms with Crippen LogP contribution in [0, 0.1) is 5.82 Å². The fraction of sp³-hybridized carbons (Fsp3) is 0.0769. The van der Waals surface area contributed by atoms with Crippen molar-refractivity contribution in [2.24, 2.45) is 0 Å². The number of nitrogens with one attached hydrogen (secondary N) is 1. The summed E-state index contributed by atoms with van der Waals surface area (Å²) in [5.41, 5.74) is 4.92. The lowest BCUT2D eigenvalue weighted by atomic mass is 10.1. The van der Waals surface area contributed by atoms with Crippen molar-refractivity contribution in [2.45, 2.75) is 6.18 Å². The molecule has 7 heteroatoms. The zero-order valence-corrected chi connectivity index (χ0v) is 11.5. The van der Waals surface area contributed by atoms with Crippen LogP contribution in [0.25, 0.3) is 0 Å². The van der Waals surface area contributed by atoms with Crippen LogP contribution in [-0.4, -0.2) is 0 Å². The number of nitrogens with two attached hydrogens (primary N) is 1. The molecule has 2 rings (SSSR count). The molecule has 2 nitrogen and oxygen atoms in total. The van der Waals surface area contributed by atoms with Gasteiger partial charge in [0.05, 0.1) is 22.6 Å². The van der Waals surface area contributed by atoms with Crippen molar-refractivity contribution < 1.29 is 17.6 Å². The van der Waals surface area contributed by atoms with Crippen LogP contribution in [0.2, 0.25) is 0 Å². The van der Waals surface area contributed by atoms with E-state index < -0.39 is 17.6 Å². The molecule has 0 aliphatic heterocycles. The molecule has 0 amide bonds. The maximum absolute atomic E-state index is 13.6. The number of benzene rings is 2. The fourth-order valence-corrected chi connectivity index (χ4v) is 1.92. The van der Waals surface area contributed by atoms with Crippen molar-refractivity contribution in [3.05, 3.63) is 52.3 Å². The van der Waals surface area contributed by atoms with Crippen molar-refractivity contribution in [1.29, 1.82) is 0 Å². The standard InChI is InChI=1S/C13H9BrF4N2/c14-8-2-4-11(9(15)6-8)20-12-3-1-7(5-10(12)19)13(16,17)18/h1-6,20H,19H2. The minimum Gasteiger partial charge on any atom is -0.397 e. The third kappa shape index (κ3) is 3.22. The smallest absolute Gasteiger partial charge is 0.397 e. The van der Waals surface area contributed by atoms with Gasteiger partial charge in [-0.1, -0.05) is 15.9 Å². The molecule has 0 aliphatic rings. The van der Waals surface area contributed by atoms with Crippen LogP contribution in [-0.2, 0) is 6.18 Å². The van der Waals surface area contributed by atoms with Crippen LogP contribution < -0.4 is 11.1 Å². The Morgan fingerprint density at radius 1 is 1.00 bits per heavy atom. The average molecular weight is 349 g/mol. The van der Waals surface area contributed by atoms with Crippen LogP contribution in [0.5, 0.6) is 0 Å².